The minimum absolute atomic E-state index is 0.0285. The molecule has 1 saturated carbocycles. The van der Waals surface area contributed by atoms with Crippen molar-refractivity contribution in [3.63, 3.8) is 0 Å². The molecule has 60 valence electrons. The Bertz CT molecular complexity index is 114. The van der Waals surface area contributed by atoms with Crippen LogP contribution in [0.3, 0.4) is 0 Å². The highest BCUT2D eigenvalue weighted by Crippen LogP contribution is 2.30. The van der Waals surface area contributed by atoms with E-state index in [1.165, 1.54) is 0 Å². The Morgan fingerprint density at radius 1 is 1.30 bits per heavy atom. The fourth-order valence-corrected chi connectivity index (χ4v) is 1.38. The second-order valence-electron chi connectivity index (χ2n) is 3.07. The summed E-state index contributed by atoms with van der Waals surface area (Å²) in [5.74, 6) is -2.49. The van der Waals surface area contributed by atoms with E-state index in [4.69, 9.17) is 5.73 Å². The molecule has 0 aromatic carbocycles. The van der Waals surface area contributed by atoms with Crippen molar-refractivity contribution in [2.24, 2.45) is 5.73 Å². The molecule has 0 aromatic rings. The average molecular weight is 149 g/mol. The van der Waals surface area contributed by atoms with Crippen LogP contribution in [0.15, 0.2) is 0 Å². The summed E-state index contributed by atoms with van der Waals surface area (Å²) < 4.78 is 25.3. The van der Waals surface area contributed by atoms with Crippen LogP contribution in [-0.4, -0.2) is 12.0 Å². The molecule has 0 radical (unpaired) electrons. The lowest BCUT2D eigenvalue weighted by Gasteiger charge is -2.15. The van der Waals surface area contributed by atoms with Crippen LogP contribution in [0.2, 0.25) is 0 Å². The minimum atomic E-state index is -2.49. The van der Waals surface area contributed by atoms with E-state index in [2.05, 4.69) is 0 Å². The highest BCUT2D eigenvalue weighted by atomic mass is 19.3. The Labute approximate surface area is 59.6 Å². The summed E-state index contributed by atoms with van der Waals surface area (Å²) in [6.45, 7) is 0. The first kappa shape index (κ1) is 7.92. The van der Waals surface area contributed by atoms with Gasteiger partial charge >= 0.3 is 0 Å². The fraction of sp³-hybridized carbons (Fsp3) is 1.00. The number of halogens is 2. The van der Waals surface area contributed by atoms with Crippen LogP contribution in [0.4, 0.5) is 8.78 Å². The molecule has 1 nitrogen and oxygen atoms in total. The van der Waals surface area contributed by atoms with Gasteiger partial charge in [0.15, 0.2) is 0 Å². The smallest absolute Gasteiger partial charge is 0.249 e. The Kier molecular flexibility index (Phi) is 2.24. The summed E-state index contributed by atoms with van der Waals surface area (Å²) in [5.41, 5.74) is 5.43. The second kappa shape index (κ2) is 2.82. The van der Waals surface area contributed by atoms with E-state index in [1.54, 1.807) is 0 Å². The van der Waals surface area contributed by atoms with E-state index < -0.39 is 5.92 Å². The number of rotatable bonds is 0. The van der Waals surface area contributed by atoms with Crippen LogP contribution in [-0.2, 0) is 0 Å². The molecule has 1 aliphatic carbocycles. The van der Waals surface area contributed by atoms with Gasteiger partial charge in [0, 0.05) is 18.9 Å². The van der Waals surface area contributed by atoms with Crippen LogP contribution in [0.5, 0.6) is 0 Å². The van der Waals surface area contributed by atoms with Gasteiger partial charge < -0.3 is 5.73 Å². The molecule has 0 bridgehead atoms. The van der Waals surface area contributed by atoms with E-state index in [-0.39, 0.29) is 18.9 Å². The van der Waals surface area contributed by atoms with Crippen LogP contribution in [0, 0.1) is 0 Å². The number of alkyl halides is 2. The van der Waals surface area contributed by atoms with Crippen molar-refractivity contribution in [1.29, 1.82) is 0 Å². The van der Waals surface area contributed by atoms with Gasteiger partial charge in [-0.1, -0.05) is 6.42 Å². The van der Waals surface area contributed by atoms with Crippen LogP contribution < -0.4 is 5.73 Å². The summed E-state index contributed by atoms with van der Waals surface area (Å²) in [6, 6.07) is -0.280. The zero-order chi connectivity index (χ0) is 7.61. The van der Waals surface area contributed by atoms with Gasteiger partial charge in [-0.25, -0.2) is 8.78 Å². The molecule has 1 fully saturated rings. The maximum Gasteiger partial charge on any atom is 0.249 e. The Hall–Kier alpha value is -0.180. The summed E-state index contributed by atoms with van der Waals surface area (Å²) >= 11 is 0. The van der Waals surface area contributed by atoms with Crippen molar-refractivity contribution < 1.29 is 8.78 Å². The van der Waals surface area contributed by atoms with E-state index in [0.29, 0.717) is 6.42 Å². The van der Waals surface area contributed by atoms with E-state index in [9.17, 15) is 8.78 Å². The van der Waals surface area contributed by atoms with Gasteiger partial charge in [0.25, 0.3) is 0 Å². The van der Waals surface area contributed by atoms with Crippen molar-refractivity contribution in [2.75, 3.05) is 0 Å². The van der Waals surface area contributed by atoms with Gasteiger partial charge in [0.1, 0.15) is 0 Å². The lowest BCUT2D eigenvalue weighted by Crippen LogP contribution is -2.27. The fourth-order valence-electron chi connectivity index (χ4n) is 1.38. The highest BCUT2D eigenvalue weighted by Gasteiger charge is 2.32. The molecule has 0 aromatic heterocycles. The second-order valence-corrected chi connectivity index (χ2v) is 3.07. The molecule has 1 atom stereocenters. The molecule has 1 aliphatic rings. The van der Waals surface area contributed by atoms with Crippen LogP contribution >= 0.6 is 0 Å². The van der Waals surface area contributed by atoms with Gasteiger partial charge in [0.2, 0.25) is 5.92 Å². The molecule has 10 heavy (non-hydrogen) atoms. The molecule has 2 N–H and O–H groups in total. The molecule has 0 saturated heterocycles. The first-order chi connectivity index (χ1) is 4.60. The topological polar surface area (TPSA) is 26.0 Å². The van der Waals surface area contributed by atoms with Gasteiger partial charge in [0.05, 0.1) is 0 Å². The Morgan fingerprint density at radius 3 is 2.70 bits per heavy atom. The van der Waals surface area contributed by atoms with Crippen LogP contribution in [0.1, 0.15) is 32.1 Å². The molecule has 0 unspecified atom stereocenters. The molecule has 0 amide bonds. The SMILES string of the molecule is N[C@@H]1CCCCC(F)(F)C1. The maximum atomic E-state index is 12.6. The third-order valence-electron chi connectivity index (χ3n) is 1.93. The highest BCUT2D eigenvalue weighted by molar-refractivity contribution is 4.77. The molecule has 3 heteroatoms. The number of hydrogen-bond acceptors (Lipinski definition) is 1. The van der Waals surface area contributed by atoms with Gasteiger partial charge in [-0.3, -0.25) is 0 Å². The zero-order valence-corrected chi connectivity index (χ0v) is 5.95. The monoisotopic (exact) mass is 149 g/mol. The quantitative estimate of drug-likeness (QED) is 0.523. The van der Waals surface area contributed by atoms with E-state index >= 15 is 0 Å². The first-order valence-electron chi connectivity index (χ1n) is 3.73. The molecule has 0 heterocycles. The van der Waals surface area contributed by atoms with Crippen molar-refractivity contribution in [1.82, 2.24) is 0 Å². The summed E-state index contributed by atoms with van der Waals surface area (Å²) in [5, 5.41) is 0. The molecular weight excluding hydrogens is 136 g/mol. The molecule has 0 spiro atoms. The zero-order valence-electron chi connectivity index (χ0n) is 5.95. The summed E-state index contributed by atoms with van der Waals surface area (Å²) in [7, 11) is 0. The minimum Gasteiger partial charge on any atom is -0.327 e. The predicted molar refractivity (Wildman–Crippen MR) is 36.0 cm³/mol. The molecule has 0 aliphatic heterocycles. The normalized spacial score (nSPS) is 33.3. The van der Waals surface area contributed by atoms with Gasteiger partial charge in [-0.15, -0.1) is 0 Å². The largest absolute Gasteiger partial charge is 0.327 e. The number of nitrogens with two attached hydrogens (primary N) is 1. The average Bonchev–Trinajstić information content (AvgIpc) is 1.90. The van der Waals surface area contributed by atoms with Crippen molar-refractivity contribution in [3.05, 3.63) is 0 Å². The molecular formula is C7H13F2N. The Balaban J connectivity index is 2.46. The van der Waals surface area contributed by atoms with Gasteiger partial charge in [-0.05, 0) is 12.8 Å². The third-order valence-corrected chi connectivity index (χ3v) is 1.93. The van der Waals surface area contributed by atoms with Gasteiger partial charge in [-0.2, -0.15) is 0 Å². The predicted octanol–water partition coefficient (Wildman–Crippen LogP) is 1.91. The Morgan fingerprint density at radius 2 is 2.00 bits per heavy atom. The molecule has 1 rings (SSSR count). The lowest BCUT2D eigenvalue weighted by molar-refractivity contribution is -0.0172. The van der Waals surface area contributed by atoms with E-state index in [1.807, 2.05) is 0 Å². The number of hydrogen-bond donors (Lipinski definition) is 1. The maximum absolute atomic E-state index is 12.6. The van der Waals surface area contributed by atoms with E-state index in [0.717, 1.165) is 12.8 Å². The van der Waals surface area contributed by atoms with Crippen molar-refractivity contribution >= 4 is 0 Å². The first-order valence-corrected chi connectivity index (χ1v) is 3.73. The van der Waals surface area contributed by atoms with Crippen molar-refractivity contribution in [3.8, 4) is 0 Å². The lowest BCUT2D eigenvalue weighted by atomic mass is 10.1. The third kappa shape index (κ3) is 2.21. The summed E-state index contributed by atoms with van der Waals surface area (Å²) in [6.07, 6.45) is 2.15. The van der Waals surface area contributed by atoms with Crippen molar-refractivity contribution in [2.45, 2.75) is 44.1 Å². The standard InChI is InChI=1S/C7H13F2N/c8-7(9)4-2-1-3-6(10)5-7/h6H,1-5,10H2/t6-/m1/s1. The summed E-state index contributed by atoms with van der Waals surface area (Å²) in [4.78, 5) is 0. The van der Waals surface area contributed by atoms with Crippen LogP contribution in [0.25, 0.3) is 0 Å².